The molecular formula is C19H31N3O. The number of anilines is 1. The Kier molecular flexibility index (Phi) is 5.92. The topological polar surface area (TPSA) is 19.0 Å². The molecule has 2 aliphatic heterocycles. The molecule has 0 radical (unpaired) electrons. The van der Waals surface area contributed by atoms with Crippen LogP contribution in [0.1, 0.15) is 18.9 Å². The summed E-state index contributed by atoms with van der Waals surface area (Å²) in [6, 6.07) is 9.46. The van der Waals surface area contributed by atoms with Gasteiger partial charge in [0, 0.05) is 64.7 Å². The largest absolute Gasteiger partial charge is 0.383 e. The quantitative estimate of drug-likeness (QED) is 0.800. The molecule has 0 aromatic heterocycles. The zero-order valence-electron chi connectivity index (χ0n) is 14.7. The van der Waals surface area contributed by atoms with E-state index >= 15 is 0 Å². The first-order valence-corrected chi connectivity index (χ1v) is 9.06. The SMILES string of the molecule is COC[C@H](C)N1CCN(CCN2CCCc3ccccc32)CC1. The summed E-state index contributed by atoms with van der Waals surface area (Å²) in [5.74, 6) is 0. The zero-order chi connectivity index (χ0) is 16.1. The summed E-state index contributed by atoms with van der Waals surface area (Å²) in [4.78, 5) is 7.75. The van der Waals surface area contributed by atoms with Crippen molar-refractivity contribution in [2.75, 3.05) is 64.4 Å². The average Bonchev–Trinajstić information content (AvgIpc) is 2.60. The van der Waals surface area contributed by atoms with E-state index in [9.17, 15) is 0 Å². The van der Waals surface area contributed by atoms with Crippen molar-refractivity contribution >= 4 is 5.69 Å². The minimum absolute atomic E-state index is 0.538. The smallest absolute Gasteiger partial charge is 0.0615 e. The van der Waals surface area contributed by atoms with Crippen LogP contribution in [0.15, 0.2) is 24.3 Å². The molecule has 1 saturated heterocycles. The maximum atomic E-state index is 5.28. The summed E-state index contributed by atoms with van der Waals surface area (Å²) in [6.45, 7) is 11.4. The van der Waals surface area contributed by atoms with Crippen LogP contribution < -0.4 is 4.90 Å². The van der Waals surface area contributed by atoms with Crippen molar-refractivity contribution in [3.63, 3.8) is 0 Å². The number of piperazine rings is 1. The van der Waals surface area contributed by atoms with E-state index in [2.05, 4.69) is 45.9 Å². The molecule has 1 atom stereocenters. The van der Waals surface area contributed by atoms with Crippen LogP contribution in [-0.4, -0.2) is 75.4 Å². The Bertz CT molecular complexity index is 485. The van der Waals surface area contributed by atoms with Crippen LogP contribution in [0, 0.1) is 0 Å². The highest BCUT2D eigenvalue weighted by atomic mass is 16.5. The fourth-order valence-electron chi connectivity index (χ4n) is 3.88. The first kappa shape index (κ1) is 16.7. The van der Waals surface area contributed by atoms with E-state index in [0.717, 1.165) is 13.2 Å². The Hall–Kier alpha value is -1.10. The van der Waals surface area contributed by atoms with E-state index in [1.807, 2.05) is 0 Å². The summed E-state index contributed by atoms with van der Waals surface area (Å²) in [5, 5.41) is 0. The molecule has 2 heterocycles. The molecule has 0 saturated carbocycles. The molecule has 4 nitrogen and oxygen atoms in total. The summed E-state index contributed by atoms with van der Waals surface area (Å²) in [7, 11) is 1.79. The van der Waals surface area contributed by atoms with E-state index in [1.165, 1.54) is 63.4 Å². The molecular weight excluding hydrogens is 286 g/mol. The second-order valence-corrected chi connectivity index (χ2v) is 6.90. The molecule has 2 aliphatic rings. The van der Waals surface area contributed by atoms with Gasteiger partial charge in [0.2, 0.25) is 0 Å². The predicted octanol–water partition coefficient (Wildman–Crippen LogP) is 2.09. The molecule has 0 amide bonds. The highest BCUT2D eigenvalue weighted by molar-refractivity contribution is 5.55. The van der Waals surface area contributed by atoms with Crippen molar-refractivity contribution in [3.05, 3.63) is 29.8 Å². The van der Waals surface area contributed by atoms with Gasteiger partial charge in [-0.3, -0.25) is 9.80 Å². The molecule has 3 rings (SSSR count). The molecule has 4 heteroatoms. The summed E-state index contributed by atoms with van der Waals surface area (Å²) < 4.78 is 5.28. The van der Waals surface area contributed by atoms with Crippen molar-refractivity contribution in [3.8, 4) is 0 Å². The Morgan fingerprint density at radius 1 is 1.04 bits per heavy atom. The van der Waals surface area contributed by atoms with Gasteiger partial charge >= 0.3 is 0 Å². The molecule has 0 bridgehead atoms. The lowest BCUT2D eigenvalue weighted by atomic mass is 10.0. The first-order chi connectivity index (χ1) is 11.3. The monoisotopic (exact) mass is 317 g/mol. The molecule has 0 spiro atoms. The number of fused-ring (bicyclic) bond motifs is 1. The van der Waals surface area contributed by atoms with Gasteiger partial charge in [-0.1, -0.05) is 18.2 Å². The van der Waals surface area contributed by atoms with Crippen LogP contribution >= 0.6 is 0 Å². The minimum atomic E-state index is 0.538. The maximum Gasteiger partial charge on any atom is 0.0615 e. The molecule has 128 valence electrons. The van der Waals surface area contributed by atoms with Gasteiger partial charge in [-0.05, 0) is 31.4 Å². The van der Waals surface area contributed by atoms with E-state index in [4.69, 9.17) is 4.74 Å². The standard InChI is InChI=1S/C19H31N3O/c1-17(16-23-2)21-13-10-20(11-14-21)12-15-22-9-5-7-18-6-3-4-8-19(18)22/h3-4,6,8,17H,5,7,9-16H2,1-2H3/t17-/m0/s1. The highest BCUT2D eigenvalue weighted by Gasteiger charge is 2.22. The van der Waals surface area contributed by atoms with Crippen LogP contribution in [0.25, 0.3) is 0 Å². The van der Waals surface area contributed by atoms with Gasteiger partial charge in [0.15, 0.2) is 0 Å². The number of para-hydroxylation sites is 1. The molecule has 0 N–H and O–H groups in total. The zero-order valence-corrected chi connectivity index (χ0v) is 14.7. The third-order valence-corrected chi connectivity index (χ3v) is 5.33. The third kappa shape index (κ3) is 4.25. The lowest BCUT2D eigenvalue weighted by Crippen LogP contribution is -2.52. The van der Waals surface area contributed by atoms with E-state index < -0.39 is 0 Å². The lowest BCUT2D eigenvalue weighted by molar-refractivity contribution is 0.0581. The van der Waals surface area contributed by atoms with Crippen LogP contribution in [0.4, 0.5) is 5.69 Å². The number of nitrogens with zero attached hydrogens (tertiary/aromatic N) is 3. The fourth-order valence-corrected chi connectivity index (χ4v) is 3.88. The Morgan fingerprint density at radius 3 is 2.61 bits per heavy atom. The molecule has 1 aromatic carbocycles. The minimum Gasteiger partial charge on any atom is -0.383 e. The van der Waals surface area contributed by atoms with E-state index in [0.29, 0.717) is 6.04 Å². The Morgan fingerprint density at radius 2 is 1.83 bits per heavy atom. The second kappa shape index (κ2) is 8.13. The third-order valence-electron chi connectivity index (χ3n) is 5.33. The predicted molar refractivity (Wildman–Crippen MR) is 96.3 cm³/mol. The van der Waals surface area contributed by atoms with Gasteiger partial charge in [-0.2, -0.15) is 0 Å². The summed E-state index contributed by atoms with van der Waals surface area (Å²) >= 11 is 0. The van der Waals surface area contributed by atoms with Crippen LogP contribution in [0.3, 0.4) is 0 Å². The summed E-state index contributed by atoms with van der Waals surface area (Å²) in [5.41, 5.74) is 2.99. The van der Waals surface area contributed by atoms with Crippen molar-refractivity contribution in [1.82, 2.24) is 9.80 Å². The van der Waals surface area contributed by atoms with Crippen LogP contribution in [0.2, 0.25) is 0 Å². The molecule has 23 heavy (non-hydrogen) atoms. The van der Waals surface area contributed by atoms with Gasteiger partial charge in [0.1, 0.15) is 0 Å². The lowest BCUT2D eigenvalue weighted by Gasteiger charge is -2.39. The average molecular weight is 317 g/mol. The van der Waals surface area contributed by atoms with Crippen molar-refractivity contribution in [1.29, 1.82) is 0 Å². The van der Waals surface area contributed by atoms with Crippen LogP contribution in [0.5, 0.6) is 0 Å². The van der Waals surface area contributed by atoms with Gasteiger partial charge in [-0.15, -0.1) is 0 Å². The maximum absolute atomic E-state index is 5.28. The number of aryl methyl sites for hydroxylation is 1. The second-order valence-electron chi connectivity index (χ2n) is 6.90. The van der Waals surface area contributed by atoms with Gasteiger partial charge in [0.25, 0.3) is 0 Å². The number of rotatable bonds is 6. The van der Waals surface area contributed by atoms with Crippen molar-refractivity contribution in [2.24, 2.45) is 0 Å². The number of hydrogen-bond donors (Lipinski definition) is 0. The van der Waals surface area contributed by atoms with Crippen molar-refractivity contribution in [2.45, 2.75) is 25.8 Å². The Labute approximate surface area is 141 Å². The van der Waals surface area contributed by atoms with E-state index in [1.54, 1.807) is 7.11 Å². The van der Waals surface area contributed by atoms with Gasteiger partial charge < -0.3 is 9.64 Å². The van der Waals surface area contributed by atoms with Crippen LogP contribution in [-0.2, 0) is 11.2 Å². The highest BCUT2D eigenvalue weighted by Crippen LogP contribution is 2.26. The van der Waals surface area contributed by atoms with Crippen molar-refractivity contribution < 1.29 is 4.74 Å². The number of benzene rings is 1. The molecule has 0 unspecified atom stereocenters. The molecule has 0 aliphatic carbocycles. The fraction of sp³-hybridized carbons (Fsp3) is 0.684. The molecule has 1 aromatic rings. The number of hydrogen-bond acceptors (Lipinski definition) is 4. The summed E-state index contributed by atoms with van der Waals surface area (Å²) in [6.07, 6.45) is 2.53. The number of methoxy groups -OCH3 is 1. The Balaban J connectivity index is 1.46. The first-order valence-electron chi connectivity index (χ1n) is 9.06. The van der Waals surface area contributed by atoms with Gasteiger partial charge in [0.05, 0.1) is 6.61 Å². The number of ether oxygens (including phenoxy) is 1. The van der Waals surface area contributed by atoms with E-state index in [-0.39, 0.29) is 0 Å². The van der Waals surface area contributed by atoms with Gasteiger partial charge in [-0.25, -0.2) is 0 Å². The molecule has 1 fully saturated rings. The normalized spacial score (nSPS) is 21.2.